The minimum absolute atomic E-state index is 0.171. The highest BCUT2D eigenvalue weighted by Crippen LogP contribution is 2.26. The lowest BCUT2D eigenvalue weighted by Gasteiger charge is -2.10. The Morgan fingerprint density at radius 1 is 1.20 bits per heavy atom. The molecule has 1 aromatic rings. The van der Waals surface area contributed by atoms with Crippen molar-refractivity contribution in [3.05, 3.63) is 28.3 Å². The van der Waals surface area contributed by atoms with Gasteiger partial charge in [0.25, 0.3) is 0 Å². The van der Waals surface area contributed by atoms with Gasteiger partial charge < -0.3 is 0 Å². The average molecular weight is 230 g/mol. The zero-order valence-corrected chi connectivity index (χ0v) is 9.48. The van der Waals surface area contributed by atoms with Crippen molar-refractivity contribution in [1.82, 2.24) is 0 Å². The standard InChI is InChI=1S/C10H11FO3S/c1-6-4-7(2)10(15(11,13)14)8(3)9(6)5-12/h4-5H,1-3H3. The van der Waals surface area contributed by atoms with Crippen molar-refractivity contribution in [2.24, 2.45) is 0 Å². The second-order valence-corrected chi connectivity index (χ2v) is 4.72. The van der Waals surface area contributed by atoms with E-state index in [-0.39, 0.29) is 11.1 Å². The van der Waals surface area contributed by atoms with E-state index in [9.17, 15) is 17.1 Å². The second kappa shape index (κ2) is 3.73. The third kappa shape index (κ3) is 2.07. The summed E-state index contributed by atoms with van der Waals surface area (Å²) in [5, 5.41) is 0. The smallest absolute Gasteiger partial charge is 0.298 e. The summed E-state index contributed by atoms with van der Waals surface area (Å²) in [6, 6.07) is 1.49. The minimum atomic E-state index is -4.77. The number of aryl methyl sites for hydroxylation is 2. The molecule has 3 nitrogen and oxygen atoms in total. The fraction of sp³-hybridized carbons (Fsp3) is 0.300. The molecular weight excluding hydrogens is 219 g/mol. The molecule has 0 saturated carbocycles. The van der Waals surface area contributed by atoms with Gasteiger partial charge in [0.2, 0.25) is 0 Å². The van der Waals surface area contributed by atoms with Crippen LogP contribution in [-0.2, 0) is 10.2 Å². The van der Waals surface area contributed by atoms with E-state index in [2.05, 4.69) is 0 Å². The van der Waals surface area contributed by atoms with E-state index in [1.807, 2.05) is 0 Å². The van der Waals surface area contributed by atoms with Crippen molar-refractivity contribution in [2.75, 3.05) is 0 Å². The highest BCUT2D eigenvalue weighted by atomic mass is 32.3. The first kappa shape index (κ1) is 11.8. The predicted molar refractivity (Wildman–Crippen MR) is 54.3 cm³/mol. The summed E-state index contributed by atoms with van der Waals surface area (Å²) >= 11 is 0. The molecule has 0 aliphatic rings. The Bertz CT molecular complexity index is 518. The number of rotatable bonds is 2. The van der Waals surface area contributed by atoms with Crippen molar-refractivity contribution >= 4 is 16.5 Å². The Morgan fingerprint density at radius 2 is 1.73 bits per heavy atom. The van der Waals surface area contributed by atoms with Gasteiger partial charge in [0.1, 0.15) is 4.90 Å². The quantitative estimate of drug-likeness (QED) is 0.577. The van der Waals surface area contributed by atoms with Gasteiger partial charge in [0.15, 0.2) is 6.29 Å². The first-order valence-corrected chi connectivity index (χ1v) is 5.68. The molecule has 1 aromatic carbocycles. The average Bonchev–Trinajstić information content (AvgIpc) is 2.00. The number of aldehydes is 1. The summed E-state index contributed by atoms with van der Waals surface area (Å²) in [7, 11) is -4.77. The summed E-state index contributed by atoms with van der Waals surface area (Å²) in [6.07, 6.45) is 0.540. The molecule has 0 aliphatic heterocycles. The maximum Gasteiger partial charge on any atom is 0.332 e. The molecule has 0 spiro atoms. The number of carbonyl (C=O) groups excluding carboxylic acids is 1. The van der Waals surface area contributed by atoms with Crippen molar-refractivity contribution in [2.45, 2.75) is 25.7 Å². The molecule has 0 amide bonds. The summed E-state index contributed by atoms with van der Waals surface area (Å²) in [5.41, 5.74) is 1.37. The molecule has 82 valence electrons. The van der Waals surface area contributed by atoms with Crippen molar-refractivity contribution in [3.8, 4) is 0 Å². The van der Waals surface area contributed by atoms with Gasteiger partial charge in [0.05, 0.1) is 0 Å². The van der Waals surface area contributed by atoms with Gasteiger partial charge in [-0.15, -0.1) is 3.89 Å². The van der Waals surface area contributed by atoms with Crippen LogP contribution in [-0.4, -0.2) is 14.7 Å². The van der Waals surface area contributed by atoms with Gasteiger partial charge in [-0.05, 0) is 37.5 Å². The van der Waals surface area contributed by atoms with E-state index in [1.165, 1.54) is 19.9 Å². The Kier molecular flexibility index (Phi) is 2.95. The van der Waals surface area contributed by atoms with Crippen LogP contribution in [0.5, 0.6) is 0 Å². The maximum absolute atomic E-state index is 12.9. The zero-order valence-electron chi connectivity index (χ0n) is 8.67. The summed E-state index contributed by atoms with van der Waals surface area (Å²) in [5.74, 6) is 0. The van der Waals surface area contributed by atoms with E-state index >= 15 is 0 Å². The molecule has 0 saturated heterocycles. The number of hydrogen-bond acceptors (Lipinski definition) is 3. The monoisotopic (exact) mass is 230 g/mol. The molecule has 1 rings (SSSR count). The van der Waals surface area contributed by atoms with Crippen LogP contribution in [0.1, 0.15) is 27.0 Å². The maximum atomic E-state index is 12.9. The Labute approximate surface area is 88.1 Å². The molecule has 0 radical (unpaired) electrons. The van der Waals surface area contributed by atoms with Crippen LogP contribution in [0, 0.1) is 20.8 Å². The highest BCUT2D eigenvalue weighted by molar-refractivity contribution is 7.86. The molecule has 0 unspecified atom stereocenters. The molecular formula is C10H11FO3S. The summed E-state index contributed by atoms with van der Waals surface area (Å²) in [4.78, 5) is 10.3. The lowest BCUT2D eigenvalue weighted by atomic mass is 10.0. The molecule has 0 atom stereocenters. The molecule has 5 heteroatoms. The zero-order chi connectivity index (χ0) is 11.8. The third-order valence-electron chi connectivity index (χ3n) is 2.32. The SMILES string of the molecule is Cc1cc(C)c(S(=O)(=O)F)c(C)c1C=O. The van der Waals surface area contributed by atoms with Crippen LogP contribution in [0.15, 0.2) is 11.0 Å². The van der Waals surface area contributed by atoms with E-state index in [0.717, 1.165) is 0 Å². The molecule has 0 bridgehead atoms. The van der Waals surface area contributed by atoms with Crippen molar-refractivity contribution < 1.29 is 17.1 Å². The van der Waals surface area contributed by atoms with Gasteiger partial charge in [-0.2, -0.15) is 8.42 Å². The Balaban J connectivity index is 3.76. The molecule has 0 aliphatic carbocycles. The van der Waals surface area contributed by atoms with Crippen LogP contribution in [0.3, 0.4) is 0 Å². The molecule has 0 N–H and O–H groups in total. The highest BCUT2D eigenvalue weighted by Gasteiger charge is 2.21. The normalized spacial score (nSPS) is 11.5. The fourth-order valence-corrected chi connectivity index (χ4v) is 2.66. The fourth-order valence-electron chi connectivity index (χ4n) is 1.74. The molecule has 0 fully saturated rings. The number of halogens is 1. The molecule has 15 heavy (non-hydrogen) atoms. The minimum Gasteiger partial charge on any atom is -0.298 e. The first-order chi connectivity index (χ1) is 6.79. The topological polar surface area (TPSA) is 51.2 Å². The third-order valence-corrected chi connectivity index (χ3v) is 3.44. The lowest BCUT2D eigenvalue weighted by Crippen LogP contribution is -2.04. The summed E-state index contributed by atoms with van der Waals surface area (Å²) in [6.45, 7) is 4.61. The van der Waals surface area contributed by atoms with Gasteiger partial charge in [-0.3, -0.25) is 4.79 Å². The van der Waals surface area contributed by atoms with E-state index < -0.39 is 15.1 Å². The van der Waals surface area contributed by atoms with Crippen molar-refractivity contribution in [3.63, 3.8) is 0 Å². The molecule has 0 aromatic heterocycles. The van der Waals surface area contributed by atoms with E-state index in [1.54, 1.807) is 6.92 Å². The van der Waals surface area contributed by atoms with Crippen molar-refractivity contribution in [1.29, 1.82) is 0 Å². The van der Waals surface area contributed by atoms with Gasteiger partial charge >= 0.3 is 10.2 Å². The number of benzene rings is 1. The van der Waals surface area contributed by atoms with Crippen LogP contribution in [0.2, 0.25) is 0 Å². The Morgan fingerprint density at radius 3 is 2.13 bits per heavy atom. The van der Waals surface area contributed by atoms with Crippen LogP contribution in [0.4, 0.5) is 3.89 Å². The first-order valence-electron chi connectivity index (χ1n) is 4.29. The number of carbonyl (C=O) groups is 1. The van der Waals surface area contributed by atoms with Crippen LogP contribution < -0.4 is 0 Å². The Hall–Kier alpha value is -1.23. The van der Waals surface area contributed by atoms with E-state index in [4.69, 9.17) is 0 Å². The van der Waals surface area contributed by atoms with Gasteiger partial charge in [-0.25, -0.2) is 0 Å². The van der Waals surface area contributed by atoms with Gasteiger partial charge in [0, 0.05) is 5.56 Å². The predicted octanol–water partition coefficient (Wildman–Crippen LogP) is 2.08. The van der Waals surface area contributed by atoms with Crippen LogP contribution in [0.25, 0.3) is 0 Å². The lowest BCUT2D eigenvalue weighted by molar-refractivity contribution is 0.112. The molecule has 0 heterocycles. The second-order valence-electron chi connectivity index (χ2n) is 3.43. The summed E-state index contributed by atoms with van der Waals surface area (Å²) < 4.78 is 34.7. The van der Waals surface area contributed by atoms with Crippen LogP contribution >= 0.6 is 0 Å². The van der Waals surface area contributed by atoms with Gasteiger partial charge in [-0.1, -0.05) is 6.07 Å². The number of hydrogen-bond donors (Lipinski definition) is 0. The van der Waals surface area contributed by atoms with E-state index in [0.29, 0.717) is 17.4 Å². The largest absolute Gasteiger partial charge is 0.332 e.